The van der Waals surface area contributed by atoms with Crippen LogP contribution in [0.15, 0.2) is 6.20 Å². The summed E-state index contributed by atoms with van der Waals surface area (Å²) in [5, 5.41) is 19.0. The van der Waals surface area contributed by atoms with Crippen LogP contribution in [0.25, 0.3) is 0 Å². The highest BCUT2D eigenvalue weighted by Gasteiger charge is 2.38. The maximum Gasteiger partial charge on any atom is 0.109 e. The molecule has 2 atom stereocenters. The van der Waals surface area contributed by atoms with E-state index in [0.717, 1.165) is 25.9 Å². The van der Waals surface area contributed by atoms with Gasteiger partial charge in [0.05, 0.1) is 30.1 Å². The van der Waals surface area contributed by atoms with Gasteiger partial charge in [0.2, 0.25) is 0 Å². The van der Waals surface area contributed by atoms with Crippen molar-refractivity contribution in [1.29, 1.82) is 0 Å². The molecule has 2 unspecified atom stereocenters. The standard InChI is InChI=1S/C13H22ClN3O2/c1-13(18,10-4-3-5-15-8-10)12-11(14)9-16-17(12)6-7-19-2/h9-10,15,18H,3-8H2,1-2H3. The molecule has 2 N–H and O–H groups in total. The van der Waals surface area contributed by atoms with Crippen LogP contribution in [0.3, 0.4) is 0 Å². The van der Waals surface area contributed by atoms with Gasteiger partial charge in [-0.1, -0.05) is 11.6 Å². The molecule has 2 heterocycles. The fourth-order valence-electron chi connectivity index (χ4n) is 2.74. The highest BCUT2D eigenvalue weighted by atomic mass is 35.5. The van der Waals surface area contributed by atoms with E-state index >= 15 is 0 Å². The highest BCUT2D eigenvalue weighted by molar-refractivity contribution is 6.31. The van der Waals surface area contributed by atoms with Crippen molar-refractivity contribution < 1.29 is 9.84 Å². The Hall–Kier alpha value is -0.620. The zero-order valence-corrected chi connectivity index (χ0v) is 12.3. The number of methoxy groups -OCH3 is 1. The zero-order valence-electron chi connectivity index (χ0n) is 11.5. The molecule has 0 spiro atoms. The van der Waals surface area contributed by atoms with Crippen molar-refractivity contribution in [2.45, 2.75) is 31.9 Å². The maximum absolute atomic E-state index is 10.9. The third kappa shape index (κ3) is 3.11. The van der Waals surface area contributed by atoms with Crippen LogP contribution in [0.5, 0.6) is 0 Å². The molecule has 0 amide bonds. The van der Waals surface area contributed by atoms with E-state index in [9.17, 15) is 5.11 Å². The summed E-state index contributed by atoms with van der Waals surface area (Å²) in [6, 6.07) is 0. The Morgan fingerprint density at radius 1 is 1.68 bits per heavy atom. The molecule has 0 radical (unpaired) electrons. The monoisotopic (exact) mass is 287 g/mol. The van der Waals surface area contributed by atoms with Crippen LogP contribution in [0, 0.1) is 5.92 Å². The number of nitrogens with zero attached hydrogens (tertiary/aromatic N) is 2. The lowest BCUT2D eigenvalue weighted by atomic mass is 9.81. The second-order valence-electron chi connectivity index (χ2n) is 5.25. The van der Waals surface area contributed by atoms with E-state index in [-0.39, 0.29) is 5.92 Å². The quantitative estimate of drug-likeness (QED) is 0.859. The molecular weight excluding hydrogens is 266 g/mol. The van der Waals surface area contributed by atoms with Gasteiger partial charge in [0, 0.05) is 19.6 Å². The fourth-order valence-corrected chi connectivity index (χ4v) is 3.07. The van der Waals surface area contributed by atoms with E-state index in [1.54, 1.807) is 18.0 Å². The number of rotatable bonds is 5. The van der Waals surface area contributed by atoms with Gasteiger partial charge in [0.25, 0.3) is 0 Å². The minimum absolute atomic E-state index is 0.150. The third-order valence-corrected chi connectivity index (χ3v) is 4.15. The lowest BCUT2D eigenvalue weighted by Gasteiger charge is -2.36. The van der Waals surface area contributed by atoms with Crippen molar-refractivity contribution >= 4 is 11.6 Å². The van der Waals surface area contributed by atoms with Crippen LogP contribution in [0.2, 0.25) is 5.02 Å². The smallest absolute Gasteiger partial charge is 0.109 e. The average Bonchev–Trinajstić information content (AvgIpc) is 2.79. The summed E-state index contributed by atoms with van der Waals surface area (Å²) < 4.78 is 6.82. The first-order valence-corrected chi connectivity index (χ1v) is 7.09. The summed E-state index contributed by atoms with van der Waals surface area (Å²) in [6.07, 6.45) is 3.66. The molecule has 19 heavy (non-hydrogen) atoms. The molecular formula is C13H22ClN3O2. The van der Waals surface area contributed by atoms with Crippen LogP contribution in [0.4, 0.5) is 0 Å². The Labute approximate surface area is 118 Å². The van der Waals surface area contributed by atoms with E-state index < -0.39 is 5.60 Å². The number of hydrogen-bond acceptors (Lipinski definition) is 4. The second kappa shape index (κ2) is 6.22. The van der Waals surface area contributed by atoms with Gasteiger partial charge >= 0.3 is 0 Å². The molecule has 6 heteroatoms. The van der Waals surface area contributed by atoms with Crippen LogP contribution < -0.4 is 5.32 Å². The van der Waals surface area contributed by atoms with Gasteiger partial charge in [0.1, 0.15) is 5.60 Å². The summed E-state index contributed by atoms with van der Waals surface area (Å²) >= 11 is 6.22. The SMILES string of the molecule is COCCn1ncc(Cl)c1C(C)(O)C1CCCNC1. The molecule has 1 aliphatic heterocycles. The normalized spacial score (nSPS) is 23.3. The Kier molecular flexibility index (Phi) is 4.84. The zero-order chi connectivity index (χ0) is 13.9. The average molecular weight is 288 g/mol. The Bertz CT molecular complexity index is 414. The predicted octanol–water partition coefficient (Wildman–Crippen LogP) is 1.39. The third-order valence-electron chi connectivity index (χ3n) is 3.87. The van der Waals surface area contributed by atoms with Gasteiger partial charge in [-0.2, -0.15) is 5.10 Å². The van der Waals surface area contributed by atoms with Crippen LogP contribution in [-0.2, 0) is 16.9 Å². The Morgan fingerprint density at radius 2 is 2.47 bits per heavy atom. The largest absolute Gasteiger partial charge is 0.383 e. The minimum Gasteiger partial charge on any atom is -0.383 e. The van der Waals surface area contributed by atoms with Crippen LogP contribution in [-0.4, -0.2) is 41.7 Å². The lowest BCUT2D eigenvalue weighted by molar-refractivity contribution is -0.0238. The number of ether oxygens (including phenoxy) is 1. The maximum atomic E-state index is 10.9. The summed E-state index contributed by atoms with van der Waals surface area (Å²) in [7, 11) is 1.65. The summed E-state index contributed by atoms with van der Waals surface area (Å²) in [5.74, 6) is 0.150. The van der Waals surface area contributed by atoms with E-state index in [2.05, 4.69) is 10.4 Å². The molecule has 1 aromatic heterocycles. The Morgan fingerprint density at radius 3 is 3.11 bits per heavy atom. The van der Waals surface area contributed by atoms with Crippen molar-refractivity contribution in [3.63, 3.8) is 0 Å². The molecule has 1 aliphatic rings. The van der Waals surface area contributed by atoms with Gasteiger partial charge < -0.3 is 15.2 Å². The number of aliphatic hydroxyl groups is 1. The van der Waals surface area contributed by atoms with Crippen molar-refractivity contribution in [3.05, 3.63) is 16.9 Å². The molecule has 0 aliphatic carbocycles. The van der Waals surface area contributed by atoms with Crippen molar-refractivity contribution in [3.8, 4) is 0 Å². The summed E-state index contributed by atoms with van der Waals surface area (Å²) in [4.78, 5) is 0. The molecule has 5 nitrogen and oxygen atoms in total. The number of hydrogen-bond donors (Lipinski definition) is 2. The number of aromatic nitrogens is 2. The van der Waals surface area contributed by atoms with Gasteiger partial charge in [0.15, 0.2) is 0 Å². The van der Waals surface area contributed by atoms with E-state index in [1.165, 1.54) is 0 Å². The Balaban J connectivity index is 2.24. The molecule has 0 aromatic carbocycles. The predicted molar refractivity (Wildman–Crippen MR) is 74.3 cm³/mol. The topological polar surface area (TPSA) is 59.3 Å². The molecule has 0 bridgehead atoms. The first-order valence-electron chi connectivity index (χ1n) is 6.71. The van der Waals surface area contributed by atoms with E-state index in [0.29, 0.717) is 23.9 Å². The van der Waals surface area contributed by atoms with Crippen molar-refractivity contribution in [1.82, 2.24) is 15.1 Å². The first-order chi connectivity index (χ1) is 9.07. The number of piperidine rings is 1. The van der Waals surface area contributed by atoms with E-state index in [1.807, 2.05) is 6.92 Å². The van der Waals surface area contributed by atoms with Crippen LogP contribution in [0.1, 0.15) is 25.5 Å². The van der Waals surface area contributed by atoms with Crippen LogP contribution >= 0.6 is 11.6 Å². The van der Waals surface area contributed by atoms with Gasteiger partial charge in [-0.05, 0) is 26.3 Å². The van der Waals surface area contributed by atoms with Crippen molar-refractivity contribution in [2.24, 2.45) is 5.92 Å². The second-order valence-corrected chi connectivity index (χ2v) is 5.66. The fraction of sp³-hybridized carbons (Fsp3) is 0.769. The first kappa shape index (κ1) is 14.8. The summed E-state index contributed by atoms with van der Waals surface area (Å²) in [5.41, 5.74) is -0.283. The molecule has 2 rings (SSSR count). The summed E-state index contributed by atoms with van der Waals surface area (Å²) in [6.45, 7) is 4.79. The molecule has 1 saturated heterocycles. The number of halogens is 1. The van der Waals surface area contributed by atoms with E-state index in [4.69, 9.17) is 16.3 Å². The highest BCUT2D eigenvalue weighted by Crippen LogP contribution is 2.37. The number of nitrogens with one attached hydrogen (secondary N) is 1. The molecule has 1 aromatic rings. The lowest BCUT2D eigenvalue weighted by Crippen LogP contribution is -2.43. The van der Waals surface area contributed by atoms with Gasteiger partial charge in [-0.3, -0.25) is 4.68 Å². The minimum atomic E-state index is -0.977. The molecule has 108 valence electrons. The molecule has 1 fully saturated rings. The van der Waals surface area contributed by atoms with Crippen molar-refractivity contribution in [2.75, 3.05) is 26.8 Å². The van der Waals surface area contributed by atoms with Gasteiger partial charge in [-0.15, -0.1) is 0 Å². The van der Waals surface area contributed by atoms with Gasteiger partial charge in [-0.25, -0.2) is 0 Å². The molecule has 0 saturated carbocycles.